The van der Waals surface area contributed by atoms with Crippen LogP contribution in [-0.4, -0.2) is 39.9 Å². The number of nitrogens with one attached hydrogen (secondary N) is 1. The summed E-state index contributed by atoms with van der Waals surface area (Å²) in [5.41, 5.74) is 0.758. The Balaban J connectivity index is 2.40. The standard InChI is InChI=1S/C16H19N3O5/c1-16(2,3)11-5-4-10(19(23)24)8-12(11)17-13-9-14(21)18(6-7-20)15(13)22/h4-5,8-9,17,20H,6-7H2,1-3H3. The number of imide groups is 1. The van der Waals surface area contributed by atoms with Crippen LogP contribution in [-0.2, 0) is 15.0 Å². The van der Waals surface area contributed by atoms with E-state index in [9.17, 15) is 19.7 Å². The molecular formula is C16H19N3O5. The number of rotatable bonds is 5. The Morgan fingerprint density at radius 2 is 1.96 bits per heavy atom. The van der Waals surface area contributed by atoms with Gasteiger partial charge < -0.3 is 10.4 Å². The number of hydrogen-bond donors (Lipinski definition) is 2. The first-order chi connectivity index (χ1) is 11.1. The molecule has 8 nitrogen and oxygen atoms in total. The van der Waals surface area contributed by atoms with E-state index in [1.807, 2.05) is 20.8 Å². The van der Waals surface area contributed by atoms with Crippen LogP contribution in [0.25, 0.3) is 0 Å². The summed E-state index contributed by atoms with van der Waals surface area (Å²) in [4.78, 5) is 35.4. The average molecular weight is 333 g/mol. The number of β-amino-alcohol motifs (C(OH)–C–C–N with tert-alkyl or cyclic N) is 1. The Kier molecular flexibility index (Phi) is 4.70. The van der Waals surface area contributed by atoms with E-state index in [1.54, 1.807) is 6.07 Å². The van der Waals surface area contributed by atoms with Gasteiger partial charge >= 0.3 is 0 Å². The van der Waals surface area contributed by atoms with E-state index in [2.05, 4.69) is 5.32 Å². The molecule has 2 rings (SSSR count). The van der Waals surface area contributed by atoms with Gasteiger partial charge in [-0.1, -0.05) is 20.8 Å². The van der Waals surface area contributed by atoms with Crippen molar-refractivity contribution in [2.75, 3.05) is 18.5 Å². The van der Waals surface area contributed by atoms with E-state index in [0.29, 0.717) is 5.69 Å². The SMILES string of the molecule is CC(C)(C)c1ccc([N+](=O)[O-])cc1NC1=CC(=O)N(CCO)C1=O. The molecule has 0 aromatic heterocycles. The Morgan fingerprint density at radius 1 is 1.29 bits per heavy atom. The van der Waals surface area contributed by atoms with Crippen molar-refractivity contribution in [1.82, 2.24) is 4.90 Å². The molecule has 2 amide bonds. The number of amides is 2. The number of nitrogens with zero attached hydrogens (tertiary/aromatic N) is 2. The van der Waals surface area contributed by atoms with E-state index in [4.69, 9.17) is 5.11 Å². The fraction of sp³-hybridized carbons (Fsp3) is 0.375. The molecule has 1 aromatic rings. The molecule has 1 aromatic carbocycles. The number of benzene rings is 1. The average Bonchev–Trinajstić information content (AvgIpc) is 2.74. The number of carbonyl (C=O) groups excluding carboxylic acids is 2. The van der Waals surface area contributed by atoms with Crippen molar-refractivity contribution in [1.29, 1.82) is 0 Å². The zero-order valence-corrected chi connectivity index (χ0v) is 13.7. The molecule has 0 bridgehead atoms. The smallest absolute Gasteiger partial charge is 0.277 e. The minimum absolute atomic E-state index is 0.0273. The van der Waals surface area contributed by atoms with E-state index in [-0.39, 0.29) is 30.0 Å². The van der Waals surface area contributed by atoms with E-state index in [0.717, 1.165) is 16.5 Å². The van der Waals surface area contributed by atoms with Crippen LogP contribution in [0, 0.1) is 10.1 Å². The van der Waals surface area contributed by atoms with Gasteiger partial charge in [0.2, 0.25) is 0 Å². The Labute approximate surface area is 138 Å². The van der Waals surface area contributed by atoms with Crippen LogP contribution < -0.4 is 5.32 Å². The van der Waals surface area contributed by atoms with Gasteiger partial charge in [-0.3, -0.25) is 24.6 Å². The molecule has 0 saturated heterocycles. The van der Waals surface area contributed by atoms with Crippen LogP contribution >= 0.6 is 0 Å². The summed E-state index contributed by atoms with van der Waals surface area (Å²) < 4.78 is 0. The van der Waals surface area contributed by atoms with Crippen LogP contribution in [0.1, 0.15) is 26.3 Å². The molecule has 0 aliphatic carbocycles. The summed E-state index contributed by atoms with van der Waals surface area (Å²) in [6, 6.07) is 4.38. The number of anilines is 1. The number of aliphatic hydroxyl groups is 1. The van der Waals surface area contributed by atoms with Gasteiger partial charge in [0.25, 0.3) is 17.5 Å². The highest BCUT2D eigenvalue weighted by Gasteiger charge is 2.32. The summed E-state index contributed by atoms with van der Waals surface area (Å²) in [7, 11) is 0. The van der Waals surface area contributed by atoms with Crippen molar-refractivity contribution in [3.05, 3.63) is 45.6 Å². The lowest BCUT2D eigenvalue weighted by Gasteiger charge is -2.23. The summed E-state index contributed by atoms with van der Waals surface area (Å²) in [6.07, 6.45) is 1.13. The summed E-state index contributed by atoms with van der Waals surface area (Å²) in [6.45, 7) is 5.39. The number of hydrogen-bond acceptors (Lipinski definition) is 6. The lowest BCUT2D eigenvalue weighted by molar-refractivity contribution is -0.384. The van der Waals surface area contributed by atoms with Crippen LogP contribution in [0.15, 0.2) is 30.0 Å². The van der Waals surface area contributed by atoms with Crippen LogP contribution in [0.4, 0.5) is 11.4 Å². The molecule has 0 unspecified atom stereocenters. The molecule has 0 atom stereocenters. The Bertz CT molecular complexity index is 734. The molecule has 1 aliphatic heterocycles. The second kappa shape index (κ2) is 6.40. The summed E-state index contributed by atoms with van der Waals surface area (Å²) in [5.74, 6) is -1.10. The number of nitro groups is 1. The number of non-ortho nitro benzene ring substituents is 1. The summed E-state index contributed by atoms with van der Waals surface area (Å²) >= 11 is 0. The van der Waals surface area contributed by atoms with Gasteiger partial charge in [-0.15, -0.1) is 0 Å². The van der Waals surface area contributed by atoms with Gasteiger partial charge in [0.15, 0.2) is 0 Å². The van der Waals surface area contributed by atoms with Crippen molar-refractivity contribution in [3.63, 3.8) is 0 Å². The van der Waals surface area contributed by atoms with E-state index < -0.39 is 16.7 Å². The molecule has 128 valence electrons. The van der Waals surface area contributed by atoms with Gasteiger partial charge in [0.05, 0.1) is 18.1 Å². The van der Waals surface area contributed by atoms with Crippen LogP contribution in [0.3, 0.4) is 0 Å². The Hall–Kier alpha value is -2.74. The van der Waals surface area contributed by atoms with Crippen molar-refractivity contribution in [2.24, 2.45) is 0 Å². The normalized spacial score (nSPS) is 14.8. The van der Waals surface area contributed by atoms with E-state index in [1.165, 1.54) is 12.1 Å². The third-order valence-electron chi connectivity index (χ3n) is 3.62. The highest BCUT2D eigenvalue weighted by molar-refractivity contribution is 6.17. The highest BCUT2D eigenvalue weighted by atomic mass is 16.6. The predicted molar refractivity (Wildman–Crippen MR) is 87.3 cm³/mol. The molecule has 8 heteroatoms. The van der Waals surface area contributed by atoms with Crippen molar-refractivity contribution in [2.45, 2.75) is 26.2 Å². The molecular weight excluding hydrogens is 314 g/mol. The second-order valence-corrected chi connectivity index (χ2v) is 6.44. The monoisotopic (exact) mass is 333 g/mol. The third kappa shape index (κ3) is 3.43. The maximum atomic E-state index is 12.2. The number of aliphatic hydroxyl groups excluding tert-OH is 1. The number of carbonyl (C=O) groups is 2. The maximum absolute atomic E-state index is 12.2. The molecule has 2 N–H and O–H groups in total. The van der Waals surface area contributed by atoms with Crippen LogP contribution in [0.5, 0.6) is 0 Å². The lowest BCUT2D eigenvalue weighted by Crippen LogP contribution is -2.34. The largest absolute Gasteiger partial charge is 0.395 e. The Morgan fingerprint density at radius 3 is 2.50 bits per heavy atom. The zero-order chi connectivity index (χ0) is 18.1. The lowest BCUT2D eigenvalue weighted by atomic mass is 9.85. The minimum Gasteiger partial charge on any atom is -0.395 e. The highest BCUT2D eigenvalue weighted by Crippen LogP contribution is 2.33. The minimum atomic E-state index is -0.569. The van der Waals surface area contributed by atoms with Crippen LogP contribution in [0.2, 0.25) is 0 Å². The molecule has 0 spiro atoms. The first kappa shape index (κ1) is 17.6. The van der Waals surface area contributed by atoms with Gasteiger partial charge in [-0.25, -0.2) is 0 Å². The van der Waals surface area contributed by atoms with Gasteiger partial charge in [-0.2, -0.15) is 0 Å². The molecule has 1 heterocycles. The van der Waals surface area contributed by atoms with Gasteiger partial charge in [0, 0.05) is 23.9 Å². The first-order valence-corrected chi connectivity index (χ1v) is 7.39. The molecule has 24 heavy (non-hydrogen) atoms. The molecule has 0 radical (unpaired) electrons. The topological polar surface area (TPSA) is 113 Å². The second-order valence-electron chi connectivity index (χ2n) is 6.44. The van der Waals surface area contributed by atoms with Gasteiger partial charge in [-0.05, 0) is 17.0 Å². The molecule has 0 fully saturated rings. The fourth-order valence-corrected chi connectivity index (χ4v) is 2.46. The van der Waals surface area contributed by atoms with Gasteiger partial charge in [0.1, 0.15) is 5.70 Å². The molecule has 0 saturated carbocycles. The maximum Gasteiger partial charge on any atom is 0.277 e. The number of nitro benzene ring substituents is 1. The van der Waals surface area contributed by atoms with Crippen molar-refractivity contribution in [3.8, 4) is 0 Å². The third-order valence-corrected chi connectivity index (χ3v) is 3.62. The first-order valence-electron chi connectivity index (χ1n) is 7.39. The van der Waals surface area contributed by atoms with E-state index >= 15 is 0 Å². The quantitative estimate of drug-likeness (QED) is 0.480. The van der Waals surface area contributed by atoms with Crippen molar-refractivity contribution >= 4 is 23.2 Å². The van der Waals surface area contributed by atoms with Crippen molar-refractivity contribution < 1.29 is 19.6 Å². The predicted octanol–water partition coefficient (Wildman–Crippen LogP) is 1.55. The summed E-state index contributed by atoms with van der Waals surface area (Å²) in [5, 5.41) is 22.8. The molecule has 1 aliphatic rings. The zero-order valence-electron chi connectivity index (χ0n) is 13.7. The fourth-order valence-electron chi connectivity index (χ4n) is 2.46.